The number of carbonyl (C=O) groups excluding carboxylic acids is 1. The van der Waals surface area contributed by atoms with Crippen LogP contribution < -0.4 is 5.43 Å². The number of hydrogen-bond acceptors (Lipinski definition) is 8. The van der Waals surface area contributed by atoms with E-state index in [9.17, 15) is 4.79 Å². The molecular formula is C19H20N4O3S. The lowest BCUT2D eigenvalue weighted by atomic mass is 10.0. The van der Waals surface area contributed by atoms with Crippen LogP contribution in [0.1, 0.15) is 29.6 Å². The van der Waals surface area contributed by atoms with Crippen LogP contribution in [0.25, 0.3) is 11.1 Å². The lowest BCUT2D eigenvalue weighted by Crippen LogP contribution is -2.07. The molecule has 1 N–H and O–H groups in total. The number of anilines is 1. The van der Waals surface area contributed by atoms with Crippen molar-refractivity contribution in [3.05, 3.63) is 52.4 Å². The van der Waals surface area contributed by atoms with Crippen LogP contribution in [0.4, 0.5) is 5.13 Å². The van der Waals surface area contributed by atoms with Gasteiger partial charge in [-0.2, -0.15) is 5.10 Å². The molecule has 0 saturated carbocycles. The molecule has 0 radical (unpaired) electrons. The van der Waals surface area contributed by atoms with Crippen LogP contribution in [-0.4, -0.2) is 28.9 Å². The van der Waals surface area contributed by atoms with Gasteiger partial charge in [-0.1, -0.05) is 23.4 Å². The van der Waals surface area contributed by atoms with Crippen LogP contribution in [0.2, 0.25) is 0 Å². The molecule has 0 aliphatic rings. The first-order chi connectivity index (χ1) is 13.1. The second-order valence-corrected chi connectivity index (χ2v) is 6.68. The Hall–Kier alpha value is -3.00. The zero-order valence-corrected chi connectivity index (χ0v) is 16.2. The van der Waals surface area contributed by atoms with E-state index in [0.29, 0.717) is 17.4 Å². The zero-order valence-electron chi connectivity index (χ0n) is 15.4. The molecule has 0 fully saturated rings. The number of esters is 1. The van der Waals surface area contributed by atoms with Crippen molar-refractivity contribution in [2.24, 2.45) is 5.10 Å². The number of rotatable bonds is 7. The monoisotopic (exact) mass is 384 g/mol. The van der Waals surface area contributed by atoms with Gasteiger partial charge in [-0.15, -0.1) is 11.3 Å². The SMILES string of the molecule is CCOC(=O)Cc1csc(NN=Cc2cccc(-c3c(C)noc3C)c2)n1. The van der Waals surface area contributed by atoms with E-state index < -0.39 is 0 Å². The maximum absolute atomic E-state index is 11.5. The second-order valence-electron chi connectivity index (χ2n) is 5.82. The van der Waals surface area contributed by atoms with E-state index in [1.54, 1.807) is 13.1 Å². The van der Waals surface area contributed by atoms with E-state index in [0.717, 1.165) is 28.1 Å². The van der Waals surface area contributed by atoms with E-state index >= 15 is 0 Å². The minimum Gasteiger partial charge on any atom is -0.466 e. The smallest absolute Gasteiger partial charge is 0.311 e. The van der Waals surface area contributed by atoms with Crippen molar-refractivity contribution in [1.29, 1.82) is 0 Å². The Kier molecular flexibility index (Phi) is 5.97. The highest BCUT2D eigenvalue weighted by molar-refractivity contribution is 7.13. The lowest BCUT2D eigenvalue weighted by molar-refractivity contribution is -0.142. The molecule has 3 rings (SSSR count). The summed E-state index contributed by atoms with van der Waals surface area (Å²) in [6, 6.07) is 7.95. The lowest BCUT2D eigenvalue weighted by Gasteiger charge is -2.02. The highest BCUT2D eigenvalue weighted by atomic mass is 32.1. The third-order valence-corrected chi connectivity index (χ3v) is 4.56. The third-order valence-electron chi connectivity index (χ3n) is 3.77. The second kappa shape index (κ2) is 8.59. The predicted octanol–water partition coefficient (Wildman–Crippen LogP) is 3.97. The van der Waals surface area contributed by atoms with Gasteiger partial charge in [-0.3, -0.25) is 10.2 Å². The summed E-state index contributed by atoms with van der Waals surface area (Å²) in [5.41, 5.74) is 7.38. The largest absolute Gasteiger partial charge is 0.466 e. The van der Waals surface area contributed by atoms with Gasteiger partial charge in [0.05, 0.1) is 30.6 Å². The van der Waals surface area contributed by atoms with Crippen molar-refractivity contribution in [2.45, 2.75) is 27.2 Å². The molecule has 140 valence electrons. The molecule has 0 spiro atoms. The molecule has 3 aromatic rings. The number of nitrogens with zero attached hydrogens (tertiary/aromatic N) is 3. The van der Waals surface area contributed by atoms with Crippen molar-refractivity contribution in [3.8, 4) is 11.1 Å². The van der Waals surface area contributed by atoms with Gasteiger partial charge < -0.3 is 9.26 Å². The van der Waals surface area contributed by atoms with Crippen molar-refractivity contribution >= 4 is 28.7 Å². The van der Waals surface area contributed by atoms with Gasteiger partial charge in [0, 0.05) is 10.9 Å². The highest BCUT2D eigenvalue weighted by Gasteiger charge is 2.11. The molecule has 0 atom stereocenters. The summed E-state index contributed by atoms with van der Waals surface area (Å²) in [5.74, 6) is 0.505. The summed E-state index contributed by atoms with van der Waals surface area (Å²) >= 11 is 1.39. The summed E-state index contributed by atoms with van der Waals surface area (Å²) in [6.07, 6.45) is 1.88. The fraction of sp³-hybridized carbons (Fsp3) is 0.263. The highest BCUT2D eigenvalue weighted by Crippen LogP contribution is 2.27. The molecule has 7 nitrogen and oxygen atoms in total. The Labute approximate surface area is 161 Å². The Bertz CT molecular complexity index is 942. The molecule has 2 aromatic heterocycles. The van der Waals surface area contributed by atoms with E-state index in [2.05, 4.69) is 20.7 Å². The van der Waals surface area contributed by atoms with Crippen LogP contribution in [0.5, 0.6) is 0 Å². The van der Waals surface area contributed by atoms with E-state index in [1.807, 2.05) is 43.5 Å². The summed E-state index contributed by atoms with van der Waals surface area (Å²) in [5, 5.41) is 10.7. The number of carbonyl (C=O) groups is 1. The zero-order chi connectivity index (χ0) is 19.2. The Morgan fingerprint density at radius 2 is 2.26 bits per heavy atom. The van der Waals surface area contributed by atoms with E-state index in [4.69, 9.17) is 9.26 Å². The molecular weight excluding hydrogens is 364 g/mol. The molecule has 1 aromatic carbocycles. The van der Waals surface area contributed by atoms with E-state index in [-0.39, 0.29) is 12.4 Å². The number of thiazole rings is 1. The molecule has 8 heteroatoms. The average molecular weight is 384 g/mol. The maximum Gasteiger partial charge on any atom is 0.311 e. The van der Waals surface area contributed by atoms with Gasteiger partial charge in [0.1, 0.15) is 5.76 Å². The summed E-state index contributed by atoms with van der Waals surface area (Å²) in [7, 11) is 0. The Balaban J connectivity index is 1.65. The van der Waals surface area contributed by atoms with Crippen LogP contribution >= 0.6 is 11.3 Å². The van der Waals surface area contributed by atoms with Gasteiger partial charge in [-0.25, -0.2) is 4.98 Å². The molecule has 27 heavy (non-hydrogen) atoms. The topological polar surface area (TPSA) is 89.6 Å². The van der Waals surface area contributed by atoms with Crippen LogP contribution in [0.15, 0.2) is 39.3 Å². The number of aryl methyl sites for hydroxylation is 2. The first kappa shape index (κ1) is 18.8. The average Bonchev–Trinajstić information content (AvgIpc) is 3.21. The fourth-order valence-corrected chi connectivity index (χ4v) is 3.29. The summed E-state index contributed by atoms with van der Waals surface area (Å²) < 4.78 is 10.2. The van der Waals surface area contributed by atoms with Gasteiger partial charge in [0.25, 0.3) is 0 Å². The van der Waals surface area contributed by atoms with Crippen LogP contribution in [0.3, 0.4) is 0 Å². The summed E-state index contributed by atoms with van der Waals surface area (Å²) in [6.45, 7) is 5.96. The van der Waals surface area contributed by atoms with Crippen LogP contribution in [0, 0.1) is 13.8 Å². The molecule has 0 amide bonds. The van der Waals surface area contributed by atoms with Gasteiger partial charge in [0.15, 0.2) is 0 Å². The fourth-order valence-electron chi connectivity index (χ4n) is 2.63. The number of benzene rings is 1. The number of hydrogen-bond donors (Lipinski definition) is 1. The van der Waals surface area contributed by atoms with Gasteiger partial charge >= 0.3 is 5.97 Å². The van der Waals surface area contributed by atoms with Crippen LogP contribution in [-0.2, 0) is 16.0 Å². The standard InChI is InChI=1S/C19H20N4O3S/c1-4-25-17(24)9-16-11-27-19(21-16)22-20-10-14-6-5-7-15(8-14)18-12(2)23-26-13(18)3/h5-8,10-11H,4,9H2,1-3H3,(H,21,22). The van der Waals surface area contributed by atoms with Gasteiger partial charge in [0.2, 0.25) is 5.13 Å². The molecule has 0 bridgehead atoms. The van der Waals surface area contributed by atoms with Gasteiger partial charge in [-0.05, 0) is 38.0 Å². The number of hydrazone groups is 1. The summed E-state index contributed by atoms with van der Waals surface area (Å²) in [4.78, 5) is 15.8. The number of nitrogens with one attached hydrogen (secondary N) is 1. The first-order valence-corrected chi connectivity index (χ1v) is 9.37. The molecule has 0 aliphatic carbocycles. The molecule has 0 unspecified atom stereocenters. The predicted molar refractivity (Wildman–Crippen MR) is 105 cm³/mol. The molecule has 0 aliphatic heterocycles. The van der Waals surface area contributed by atoms with Crippen molar-refractivity contribution in [2.75, 3.05) is 12.0 Å². The maximum atomic E-state index is 11.5. The first-order valence-electron chi connectivity index (χ1n) is 8.49. The molecule has 0 saturated heterocycles. The van der Waals surface area contributed by atoms with Crippen molar-refractivity contribution in [3.63, 3.8) is 0 Å². The molecule has 2 heterocycles. The van der Waals surface area contributed by atoms with E-state index in [1.165, 1.54) is 11.3 Å². The Morgan fingerprint density at radius 3 is 3.00 bits per heavy atom. The quantitative estimate of drug-likeness (QED) is 0.377. The minimum atomic E-state index is -0.283. The third kappa shape index (κ3) is 4.79. The van der Waals surface area contributed by atoms with Crippen molar-refractivity contribution in [1.82, 2.24) is 10.1 Å². The van der Waals surface area contributed by atoms with Crippen molar-refractivity contribution < 1.29 is 14.1 Å². The number of ether oxygens (including phenoxy) is 1. The minimum absolute atomic E-state index is 0.162. The number of aromatic nitrogens is 2. The normalized spacial score (nSPS) is 11.1. The Morgan fingerprint density at radius 1 is 1.41 bits per heavy atom.